The summed E-state index contributed by atoms with van der Waals surface area (Å²) < 4.78 is 5.07. The zero-order valence-corrected chi connectivity index (χ0v) is 17.2. The Morgan fingerprint density at radius 2 is 1.63 bits per heavy atom. The smallest absolute Gasteiger partial charge is 0.338 e. The Hall–Kier alpha value is -3.45. The molecule has 0 aromatic heterocycles. The van der Waals surface area contributed by atoms with E-state index in [1.54, 1.807) is 24.3 Å². The lowest BCUT2D eigenvalue weighted by molar-refractivity contribution is -0.120. The van der Waals surface area contributed by atoms with E-state index in [1.165, 1.54) is 31.2 Å². The SMILES string of the molecule is CCCOC(=O)c1ccc(N2C(=O)C(Cl)=C(c3ccc(NC(C)=O)cc3)C2=O)cc1. The molecule has 3 amide bonds. The van der Waals surface area contributed by atoms with Gasteiger partial charge in [-0.1, -0.05) is 30.7 Å². The highest BCUT2D eigenvalue weighted by Crippen LogP contribution is 2.35. The molecule has 0 radical (unpaired) electrons. The molecule has 0 atom stereocenters. The molecule has 0 saturated carbocycles. The van der Waals surface area contributed by atoms with Crippen molar-refractivity contribution in [3.05, 3.63) is 64.7 Å². The van der Waals surface area contributed by atoms with Crippen molar-refractivity contribution in [1.29, 1.82) is 0 Å². The minimum absolute atomic E-state index is 0.0717. The molecule has 7 nitrogen and oxygen atoms in total. The van der Waals surface area contributed by atoms with Crippen molar-refractivity contribution in [2.45, 2.75) is 20.3 Å². The van der Waals surface area contributed by atoms with E-state index >= 15 is 0 Å². The highest BCUT2D eigenvalue weighted by atomic mass is 35.5. The van der Waals surface area contributed by atoms with Crippen molar-refractivity contribution in [2.75, 3.05) is 16.8 Å². The van der Waals surface area contributed by atoms with Gasteiger partial charge in [-0.15, -0.1) is 0 Å². The lowest BCUT2D eigenvalue weighted by Crippen LogP contribution is -2.31. The molecule has 0 spiro atoms. The highest BCUT2D eigenvalue weighted by molar-refractivity contribution is 6.60. The number of carbonyl (C=O) groups is 4. The van der Waals surface area contributed by atoms with Crippen molar-refractivity contribution in [2.24, 2.45) is 0 Å². The largest absolute Gasteiger partial charge is 0.462 e. The first-order chi connectivity index (χ1) is 14.3. The summed E-state index contributed by atoms with van der Waals surface area (Å²) in [5.74, 6) is -1.92. The molecule has 154 valence electrons. The van der Waals surface area contributed by atoms with Crippen molar-refractivity contribution in [3.63, 3.8) is 0 Å². The number of ether oxygens (including phenoxy) is 1. The normalized spacial score (nSPS) is 13.6. The van der Waals surface area contributed by atoms with Gasteiger partial charge >= 0.3 is 5.97 Å². The second kappa shape index (κ2) is 8.92. The Bertz CT molecular complexity index is 1040. The van der Waals surface area contributed by atoms with E-state index < -0.39 is 17.8 Å². The van der Waals surface area contributed by atoms with Gasteiger partial charge in [-0.3, -0.25) is 14.4 Å². The number of hydrogen-bond acceptors (Lipinski definition) is 5. The Morgan fingerprint density at radius 3 is 2.20 bits per heavy atom. The van der Waals surface area contributed by atoms with Crippen LogP contribution in [-0.2, 0) is 19.1 Å². The number of esters is 1. The molecule has 0 saturated heterocycles. The van der Waals surface area contributed by atoms with Crippen LogP contribution in [0.1, 0.15) is 36.2 Å². The fourth-order valence-corrected chi connectivity index (χ4v) is 3.21. The lowest BCUT2D eigenvalue weighted by Gasteiger charge is -2.15. The molecule has 30 heavy (non-hydrogen) atoms. The highest BCUT2D eigenvalue weighted by Gasteiger charge is 2.39. The maximum Gasteiger partial charge on any atom is 0.338 e. The zero-order valence-electron chi connectivity index (χ0n) is 16.4. The number of nitrogens with one attached hydrogen (secondary N) is 1. The Kier molecular flexibility index (Phi) is 6.32. The van der Waals surface area contributed by atoms with Crippen molar-refractivity contribution in [3.8, 4) is 0 Å². The number of anilines is 2. The van der Waals surface area contributed by atoms with Gasteiger partial charge in [0, 0.05) is 12.6 Å². The van der Waals surface area contributed by atoms with E-state index in [-0.39, 0.29) is 16.5 Å². The fraction of sp³-hybridized carbons (Fsp3) is 0.182. The van der Waals surface area contributed by atoms with Gasteiger partial charge in [0.25, 0.3) is 11.8 Å². The third-order valence-corrected chi connectivity index (χ3v) is 4.67. The molecule has 0 unspecified atom stereocenters. The zero-order chi connectivity index (χ0) is 21.8. The number of nitrogens with zero attached hydrogens (tertiary/aromatic N) is 1. The molecule has 3 rings (SSSR count). The van der Waals surface area contributed by atoms with E-state index in [0.29, 0.717) is 35.5 Å². The Balaban J connectivity index is 1.83. The summed E-state index contributed by atoms with van der Waals surface area (Å²) in [6, 6.07) is 12.4. The number of rotatable bonds is 6. The van der Waals surface area contributed by atoms with E-state index in [9.17, 15) is 19.2 Å². The van der Waals surface area contributed by atoms with Crippen molar-refractivity contribution in [1.82, 2.24) is 0 Å². The van der Waals surface area contributed by atoms with Gasteiger partial charge in [0.2, 0.25) is 5.91 Å². The number of hydrogen-bond donors (Lipinski definition) is 1. The number of amides is 3. The second-order valence-corrected chi connectivity index (χ2v) is 6.95. The summed E-state index contributed by atoms with van der Waals surface area (Å²) in [5, 5.41) is 2.43. The molecule has 1 aliphatic heterocycles. The second-order valence-electron chi connectivity index (χ2n) is 6.58. The maximum absolute atomic E-state index is 13.0. The van der Waals surface area contributed by atoms with E-state index in [1.807, 2.05) is 6.92 Å². The van der Waals surface area contributed by atoms with E-state index in [4.69, 9.17) is 16.3 Å². The first kappa shape index (κ1) is 21.3. The van der Waals surface area contributed by atoms with Crippen LogP contribution in [0.4, 0.5) is 11.4 Å². The van der Waals surface area contributed by atoms with Crippen molar-refractivity contribution < 1.29 is 23.9 Å². The molecule has 1 N–H and O–H groups in total. The summed E-state index contributed by atoms with van der Waals surface area (Å²) in [6.45, 7) is 3.59. The molecule has 2 aromatic carbocycles. The molecule has 0 bridgehead atoms. The average molecular weight is 427 g/mol. The monoisotopic (exact) mass is 426 g/mol. The van der Waals surface area contributed by atoms with Crippen LogP contribution in [0.25, 0.3) is 5.57 Å². The topological polar surface area (TPSA) is 92.8 Å². The predicted octanol–water partition coefficient (Wildman–Crippen LogP) is 3.74. The molecule has 1 heterocycles. The average Bonchev–Trinajstić information content (AvgIpc) is 2.95. The van der Waals surface area contributed by atoms with Gasteiger partial charge in [-0.05, 0) is 48.4 Å². The standard InChI is InChI=1S/C22H19ClN2O5/c1-3-12-30-22(29)15-6-10-17(11-7-15)25-20(27)18(19(23)21(25)28)14-4-8-16(9-5-14)24-13(2)26/h4-11H,3,12H2,1-2H3,(H,24,26). The molecule has 0 fully saturated rings. The van der Waals surface area contributed by atoms with Crippen molar-refractivity contribution >= 4 is 52.2 Å². The molecule has 1 aliphatic rings. The minimum atomic E-state index is -0.649. The number of halogens is 1. The van der Waals surface area contributed by atoms with Crippen LogP contribution in [-0.4, -0.2) is 30.3 Å². The number of imide groups is 1. The molecular weight excluding hydrogens is 408 g/mol. The van der Waals surface area contributed by atoms with E-state index in [0.717, 1.165) is 4.90 Å². The number of benzene rings is 2. The summed E-state index contributed by atoms with van der Waals surface area (Å²) in [5.41, 5.74) is 1.69. The van der Waals surface area contributed by atoms with Crippen LogP contribution in [0.15, 0.2) is 53.6 Å². The molecule has 2 aromatic rings. The summed E-state index contributed by atoms with van der Waals surface area (Å²) in [6.07, 6.45) is 0.708. The summed E-state index contributed by atoms with van der Waals surface area (Å²) >= 11 is 6.19. The minimum Gasteiger partial charge on any atom is -0.462 e. The van der Waals surface area contributed by atoms with Crippen LogP contribution < -0.4 is 10.2 Å². The molecule has 0 aliphatic carbocycles. The van der Waals surface area contributed by atoms with Crippen LogP contribution in [0.5, 0.6) is 0 Å². The van der Waals surface area contributed by atoms with Gasteiger partial charge in [-0.25, -0.2) is 9.69 Å². The van der Waals surface area contributed by atoms with Gasteiger partial charge in [0.1, 0.15) is 5.03 Å². The predicted molar refractivity (Wildman–Crippen MR) is 113 cm³/mol. The first-order valence-corrected chi connectivity index (χ1v) is 9.65. The summed E-state index contributed by atoms with van der Waals surface area (Å²) in [7, 11) is 0. The first-order valence-electron chi connectivity index (χ1n) is 9.27. The van der Waals surface area contributed by atoms with Crippen LogP contribution >= 0.6 is 11.6 Å². The number of carbonyl (C=O) groups excluding carboxylic acids is 4. The van der Waals surface area contributed by atoms with Crippen LogP contribution in [0.3, 0.4) is 0 Å². The summed E-state index contributed by atoms with van der Waals surface area (Å²) in [4.78, 5) is 49.6. The van der Waals surface area contributed by atoms with Crippen LogP contribution in [0, 0.1) is 0 Å². The van der Waals surface area contributed by atoms with Gasteiger partial charge in [0.05, 0.1) is 23.4 Å². The lowest BCUT2D eigenvalue weighted by atomic mass is 10.1. The molecular formula is C22H19ClN2O5. The molecule has 8 heteroatoms. The maximum atomic E-state index is 13.0. The van der Waals surface area contributed by atoms with Crippen LogP contribution in [0.2, 0.25) is 0 Å². The van der Waals surface area contributed by atoms with Gasteiger partial charge < -0.3 is 10.1 Å². The third-order valence-electron chi connectivity index (χ3n) is 4.32. The third kappa shape index (κ3) is 4.26. The Morgan fingerprint density at radius 1 is 1.00 bits per heavy atom. The Labute approximate surface area is 178 Å². The fourth-order valence-electron chi connectivity index (χ4n) is 2.94. The van der Waals surface area contributed by atoms with E-state index in [2.05, 4.69) is 5.32 Å². The van der Waals surface area contributed by atoms with Gasteiger partial charge in [0.15, 0.2) is 0 Å². The van der Waals surface area contributed by atoms with Gasteiger partial charge in [-0.2, -0.15) is 0 Å². The quantitative estimate of drug-likeness (QED) is 0.561.